The molecule has 0 radical (unpaired) electrons. The monoisotopic (exact) mass is 312 g/mol. The van der Waals surface area contributed by atoms with Crippen molar-refractivity contribution in [3.63, 3.8) is 0 Å². The van der Waals surface area contributed by atoms with E-state index in [0.29, 0.717) is 18.4 Å². The second-order valence-corrected chi connectivity index (χ2v) is 7.43. The van der Waals surface area contributed by atoms with Crippen LogP contribution in [-0.4, -0.2) is 23.4 Å². The summed E-state index contributed by atoms with van der Waals surface area (Å²) in [7, 11) is 0. The highest BCUT2D eigenvalue weighted by molar-refractivity contribution is 7.09. The summed E-state index contributed by atoms with van der Waals surface area (Å²) < 4.78 is 0. The van der Waals surface area contributed by atoms with Gasteiger partial charge in [0.15, 0.2) is 5.78 Å². The van der Waals surface area contributed by atoms with Gasteiger partial charge in [0.2, 0.25) is 0 Å². The van der Waals surface area contributed by atoms with E-state index in [4.69, 9.17) is 0 Å². The summed E-state index contributed by atoms with van der Waals surface area (Å²) >= 11 is 1.54. The Morgan fingerprint density at radius 2 is 2.27 bits per heavy atom. The molecule has 1 aromatic carbocycles. The van der Waals surface area contributed by atoms with Crippen molar-refractivity contribution in [1.82, 2.24) is 10.3 Å². The first kappa shape index (κ1) is 14.1. The lowest BCUT2D eigenvalue weighted by Gasteiger charge is -2.05. The molecule has 3 nitrogen and oxygen atoms in total. The minimum absolute atomic E-state index is 0.167. The number of carbonyl (C=O) groups is 1. The van der Waals surface area contributed by atoms with Gasteiger partial charge >= 0.3 is 0 Å². The van der Waals surface area contributed by atoms with E-state index in [1.54, 1.807) is 17.5 Å². The van der Waals surface area contributed by atoms with Gasteiger partial charge in [-0.15, -0.1) is 11.3 Å². The van der Waals surface area contributed by atoms with Crippen LogP contribution in [0.5, 0.6) is 0 Å². The molecule has 0 amide bonds. The van der Waals surface area contributed by atoms with E-state index in [2.05, 4.69) is 22.4 Å². The lowest BCUT2D eigenvalue weighted by Crippen LogP contribution is -2.20. The van der Waals surface area contributed by atoms with Crippen molar-refractivity contribution in [1.29, 1.82) is 0 Å². The van der Waals surface area contributed by atoms with Crippen molar-refractivity contribution < 1.29 is 4.79 Å². The predicted octanol–water partition coefficient (Wildman–Crippen LogP) is 3.42. The zero-order chi connectivity index (χ0) is 14.9. The van der Waals surface area contributed by atoms with Gasteiger partial charge in [0, 0.05) is 29.1 Å². The first-order chi connectivity index (χ1) is 10.8. The maximum absolute atomic E-state index is 12.4. The van der Waals surface area contributed by atoms with Crippen molar-refractivity contribution in [2.24, 2.45) is 5.92 Å². The number of carbonyl (C=O) groups excluding carboxylic acids is 1. The van der Waals surface area contributed by atoms with Crippen LogP contribution in [0.4, 0.5) is 0 Å². The molecule has 2 aliphatic carbocycles. The largest absolute Gasteiger partial charge is 0.313 e. The molecule has 2 atom stereocenters. The van der Waals surface area contributed by atoms with Crippen LogP contribution in [0.1, 0.15) is 46.1 Å². The fourth-order valence-corrected chi connectivity index (χ4v) is 3.57. The van der Waals surface area contributed by atoms with Gasteiger partial charge in [-0.2, -0.15) is 0 Å². The van der Waals surface area contributed by atoms with Crippen molar-refractivity contribution in [3.05, 3.63) is 52.0 Å². The molecule has 2 fully saturated rings. The second kappa shape index (κ2) is 5.94. The topological polar surface area (TPSA) is 42.0 Å². The molecule has 0 aliphatic heterocycles. The highest BCUT2D eigenvalue weighted by atomic mass is 32.1. The Morgan fingerprint density at radius 3 is 3.05 bits per heavy atom. The molecule has 4 rings (SSSR count). The lowest BCUT2D eigenvalue weighted by molar-refractivity contribution is 0.0993. The van der Waals surface area contributed by atoms with E-state index < -0.39 is 0 Å². The summed E-state index contributed by atoms with van der Waals surface area (Å²) in [4.78, 5) is 16.6. The molecule has 2 unspecified atom stereocenters. The van der Waals surface area contributed by atoms with Gasteiger partial charge in [0.05, 0.1) is 6.42 Å². The third-order valence-electron chi connectivity index (χ3n) is 4.59. The smallest absolute Gasteiger partial charge is 0.169 e. The SMILES string of the molecule is O=C(Cc1nccs1)c1cccc(C2CC2NCC2CC2)c1. The zero-order valence-electron chi connectivity index (χ0n) is 12.5. The molecule has 1 aromatic heterocycles. The molecule has 22 heavy (non-hydrogen) atoms. The Morgan fingerprint density at radius 1 is 1.36 bits per heavy atom. The molecule has 2 saturated carbocycles. The summed E-state index contributed by atoms with van der Waals surface area (Å²) in [5.74, 6) is 1.68. The second-order valence-electron chi connectivity index (χ2n) is 6.45. The summed E-state index contributed by atoms with van der Waals surface area (Å²) in [5, 5.41) is 6.47. The molecule has 0 bridgehead atoms. The van der Waals surface area contributed by atoms with Crippen LogP contribution in [0, 0.1) is 5.92 Å². The molecule has 0 spiro atoms. The van der Waals surface area contributed by atoms with Gasteiger partial charge in [-0.05, 0) is 43.4 Å². The van der Waals surface area contributed by atoms with Gasteiger partial charge < -0.3 is 5.32 Å². The summed E-state index contributed by atoms with van der Waals surface area (Å²) in [5.41, 5.74) is 2.12. The predicted molar refractivity (Wildman–Crippen MR) is 88.5 cm³/mol. The Kier molecular flexibility index (Phi) is 3.80. The van der Waals surface area contributed by atoms with E-state index in [9.17, 15) is 4.79 Å². The van der Waals surface area contributed by atoms with Crippen molar-refractivity contribution in [2.45, 2.75) is 37.6 Å². The molecule has 0 saturated heterocycles. The quantitative estimate of drug-likeness (QED) is 0.797. The number of thiazole rings is 1. The van der Waals surface area contributed by atoms with E-state index in [-0.39, 0.29) is 5.78 Å². The van der Waals surface area contributed by atoms with Crippen LogP contribution in [-0.2, 0) is 6.42 Å². The Bertz CT molecular complexity index is 663. The van der Waals surface area contributed by atoms with Crippen LogP contribution in [0.3, 0.4) is 0 Å². The lowest BCUT2D eigenvalue weighted by atomic mass is 10.0. The van der Waals surface area contributed by atoms with Crippen LogP contribution < -0.4 is 5.32 Å². The number of nitrogens with zero attached hydrogens (tertiary/aromatic N) is 1. The number of rotatable bonds is 7. The summed E-state index contributed by atoms with van der Waals surface area (Å²) in [6.07, 6.45) is 6.16. The van der Waals surface area contributed by atoms with Gasteiger partial charge in [0.25, 0.3) is 0 Å². The molecule has 1 N–H and O–H groups in total. The standard InChI is InChI=1S/C18H20N2OS/c21-17(10-18-19-6-7-22-18)14-3-1-2-13(8-14)15-9-16(15)20-11-12-4-5-12/h1-3,6-8,12,15-16,20H,4-5,9-11H2. The molecular formula is C18H20N2OS. The third kappa shape index (κ3) is 3.28. The van der Waals surface area contributed by atoms with E-state index >= 15 is 0 Å². The number of Topliss-reactive ketones (excluding diaryl/α,β-unsaturated/α-hetero) is 1. The fraction of sp³-hybridized carbons (Fsp3) is 0.444. The van der Waals surface area contributed by atoms with E-state index in [1.807, 2.05) is 17.5 Å². The van der Waals surface area contributed by atoms with Crippen LogP contribution in [0.15, 0.2) is 35.8 Å². The maximum atomic E-state index is 12.4. The number of hydrogen-bond donors (Lipinski definition) is 1. The van der Waals surface area contributed by atoms with Crippen LogP contribution in [0.2, 0.25) is 0 Å². The highest BCUT2D eigenvalue weighted by Crippen LogP contribution is 2.41. The van der Waals surface area contributed by atoms with Crippen molar-refractivity contribution in [3.8, 4) is 0 Å². The molecule has 114 valence electrons. The first-order valence-electron chi connectivity index (χ1n) is 8.04. The number of nitrogens with one attached hydrogen (secondary N) is 1. The third-order valence-corrected chi connectivity index (χ3v) is 5.37. The van der Waals surface area contributed by atoms with Crippen LogP contribution in [0.25, 0.3) is 0 Å². The number of hydrogen-bond acceptors (Lipinski definition) is 4. The Hall–Kier alpha value is -1.52. The molecule has 1 heterocycles. The number of ketones is 1. The van der Waals surface area contributed by atoms with Crippen molar-refractivity contribution >= 4 is 17.1 Å². The Balaban J connectivity index is 1.39. The van der Waals surface area contributed by atoms with E-state index in [0.717, 1.165) is 16.5 Å². The Labute approximate surface area is 134 Å². The molecule has 2 aliphatic rings. The average Bonchev–Trinajstić information content (AvgIpc) is 3.45. The zero-order valence-corrected chi connectivity index (χ0v) is 13.3. The first-order valence-corrected chi connectivity index (χ1v) is 8.92. The highest BCUT2D eigenvalue weighted by Gasteiger charge is 2.39. The van der Waals surface area contributed by atoms with Crippen LogP contribution >= 0.6 is 11.3 Å². The van der Waals surface area contributed by atoms with Gasteiger partial charge in [-0.1, -0.05) is 18.2 Å². The summed E-state index contributed by atoms with van der Waals surface area (Å²) in [6.45, 7) is 1.17. The molecular weight excluding hydrogens is 292 g/mol. The minimum atomic E-state index is 0.167. The average molecular weight is 312 g/mol. The fourth-order valence-electron chi connectivity index (χ4n) is 2.95. The van der Waals surface area contributed by atoms with Gasteiger partial charge in [-0.3, -0.25) is 4.79 Å². The number of benzene rings is 1. The van der Waals surface area contributed by atoms with Gasteiger partial charge in [0.1, 0.15) is 5.01 Å². The molecule has 2 aromatic rings. The maximum Gasteiger partial charge on any atom is 0.169 e. The number of aromatic nitrogens is 1. The van der Waals surface area contributed by atoms with E-state index in [1.165, 1.54) is 31.4 Å². The normalized spacial score (nSPS) is 23.5. The van der Waals surface area contributed by atoms with Crippen molar-refractivity contribution in [2.75, 3.05) is 6.54 Å². The minimum Gasteiger partial charge on any atom is -0.313 e. The molecule has 4 heteroatoms. The van der Waals surface area contributed by atoms with Gasteiger partial charge in [-0.25, -0.2) is 4.98 Å². The summed E-state index contributed by atoms with van der Waals surface area (Å²) in [6, 6.07) is 8.79.